The minimum Gasteiger partial charge on any atom is -0.503 e. The van der Waals surface area contributed by atoms with Crippen LogP contribution in [0, 0.1) is 0 Å². The molecule has 0 radical (unpaired) electrons. The smallest absolute Gasteiger partial charge is 0.443 e. The van der Waals surface area contributed by atoms with Gasteiger partial charge < -0.3 is 9.84 Å². The van der Waals surface area contributed by atoms with E-state index in [-0.39, 0.29) is 11.3 Å². The first-order valence-corrected chi connectivity index (χ1v) is 8.21. The fourth-order valence-corrected chi connectivity index (χ4v) is 3.25. The standard InChI is InChI=1S/C18H12F3NO3S/c1-25-8-14(16(23)24)12-4-2-3-10-5-6-11(7-13(10)12)15-9-26-17(22-15)18(19,20)21/h2-9H,1H3,(H,23,24). The maximum Gasteiger partial charge on any atom is 0.443 e. The number of rotatable bonds is 4. The molecule has 3 aromatic rings. The van der Waals surface area contributed by atoms with Crippen LogP contribution < -0.4 is 0 Å². The molecule has 134 valence electrons. The third-order valence-electron chi connectivity index (χ3n) is 3.68. The average molecular weight is 379 g/mol. The Hall–Kier alpha value is -2.87. The van der Waals surface area contributed by atoms with Crippen molar-refractivity contribution in [1.29, 1.82) is 0 Å². The number of nitrogens with zero attached hydrogens (tertiary/aromatic N) is 1. The summed E-state index contributed by atoms with van der Waals surface area (Å²) in [5, 5.41) is 11.1. The first kappa shape index (κ1) is 17.9. The summed E-state index contributed by atoms with van der Waals surface area (Å²) >= 11 is 0.519. The molecule has 0 aliphatic rings. The van der Waals surface area contributed by atoms with Crippen molar-refractivity contribution in [3.8, 4) is 11.3 Å². The molecule has 1 heterocycles. The van der Waals surface area contributed by atoms with Crippen molar-refractivity contribution >= 4 is 33.7 Å². The van der Waals surface area contributed by atoms with E-state index in [0.717, 1.165) is 11.6 Å². The first-order chi connectivity index (χ1) is 12.3. The third kappa shape index (κ3) is 3.41. The lowest BCUT2D eigenvalue weighted by Crippen LogP contribution is -2.03. The number of fused-ring (bicyclic) bond motifs is 1. The molecule has 0 amide bonds. The molecule has 1 aromatic heterocycles. The fourth-order valence-electron chi connectivity index (χ4n) is 2.55. The van der Waals surface area contributed by atoms with Gasteiger partial charge in [-0.1, -0.05) is 30.3 Å². The Labute approximate surface area is 150 Å². The molecule has 0 fully saturated rings. The lowest BCUT2D eigenvalue weighted by atomic mass is 9.96. The summed E-state index contributed by atoms with van der Waals surface area (Å²) in [6.45, 7) is 0. The van der Waals surface area contributed by atoms with Crippen LogP contribution >= 0.6 is 11.3 Å². The summed E-state index contributed by atoms with van der Waals surface area (Å²) in [5.41, 5.74) is 1.01. The van der Waals surface area contributed by atoms with E-state index < -0.39 is 17.2 Å². The predicted octanol–water partition coefficient (Wildman–Crippen LogP) is 5.05. The predicted molar refractivity (Wildman–Crippen MR) is 92.7 cm³/mol. The molecule has 0 aliphatic heterocycles. The summed E-state index contributed by atoms with van der Waals surface area (Å²) in [4.78, 5) is 15.2. The monoisotopic (exact) mass is 379 g/mol. The van der Waals surface area contributed by atoms with Gasteiger partial charge in [0, 0.05) is 10.9 Å². The van der Waals surface area contributed by atoms with E-state index in [1.807, 2.05) is 0 Å². The van der Waals surface area contributed by atoms with Gasteiger partial charge in [0.15, 0.2) is 5.01 Å². The van der Waals surface area contributed by atoms with Crippen LogP contribution in [0.2, 0.25) is 0 Å². The Morgan fingerprint density at radius 1 is 1.27 bits per heavy atom. The van der Waals surface area contributed by atoms with Crippen molar-refractivity contribution in [1.82, 2.24) is 4.98 Å². The lowest BCUT2D eigenvalue weighted by molar-refractivity contribution is -0.137. The molecule has 0 atom stereocenters. The Balaban J connectivity index is 2.16. The zero-order valence-electron chi connectivity index (χ0n) is 13.4. The molecule has 26 heavy (non-hydrogen) atoms. The number of alkyl halides is 3. The molecule has 0 bridgehead atoms. The Morgan fingerprint density at radius 3 is 2.65 bits per heavy atom. The number of ether oxygens (including phenoxy) is 1. The van der Waals surface area contributed by atoms with Gasteiger partial charge in [0.1, 0.15) is 5.57 Å². The molecule has 0 saturated carbocycles. The highest BCUT2D eigenvalue weighted by Crippen LogP contribution is 2.35. The molecule has 0 spiro atoms. The molecule has 0 unspecified atom stereocenters. The summed E-state index contributed by atoms with van der Waals surface area (Å²) in [6, 6.07) is 10.1. The number of methoxy groups -OCH3 is 1. The summed E-state index contributed by atoms with van der Waals surface area (Å²) in [5.74, 6) is -1.17. The van der Waals surface area contributed by atoms with E-state index in [1.54, 1.807) is 36.4 Å². The fraction of sp³-hybridized carbons (Fsp3) is 0.111. The molecular formula is C18H12F3NO3S. The number of carbonyl (C=O) groups is 1. The minimum atomic E-state index is -4.50. The largest absolute Gasteiger partial charge is 0.503 e. The maximum atomic E-state index is 12.8. The number of carboxylic acid groups (broad SMARTS) is 1. The van der Waals surface area contributed by atoms with E-state index in [2.05, 4.69) is 4.98 Å². The van der Waals surface area contributed by atoms with Crippen molar-refractivity contribution in [2.45, 2.75) is 6.18 Å². The molecular weight excluding hydrogens is 367 g/mol. The van der Waals surface area contributed by atoms with E-state index >= 15 is 0 Å². The van der Waals surface area contributed by atoms with Crippen molar-refractivity contribution in [2.24, 2.45) is 0 Å². The topological polar surface area (TPSA) is 59.4 Å². The van der Waals surface area contributed by atoms with E-state index in [1.165, 1.54) is 12.5 Å². The van der Waals surface area contributed by atoms with Crippen molar-refractivity contribution in [3.05, 3.63) is 58.6 Å². The van der Waals surface area contributed by atoms with Crippen LogP contribution in [0.25, 0.3) is 27.6 Å². The lowest BCUT2D eigenvalue weighted by Gasteiger charge is -2.09. The molecule has 2 aromatic carbocycles. The van der Waals surface area contributed by atoms with Crippen LogP contribution in [0.5, 0.6) is 0 Å². The van der Waals surface area contributed by atoms with Gasteiger partial charge in [-0.15, -0.1) is 11.3 Å². The number of aliphatic carboxylic acids is 1. The summed E-state index contributed by atoms with van der Waals surface area (Å²) < 4.78 is 43.2. The zero-order chi connectivity index (χ0) is 18.9. The van der Waals surface area contributed by atoms with Crippen LogP contribution in [0.3, 0.4) is 0 Å². The highest BCUT2D eigenvalue weighted by atomic mass is 32.1. The number of hydrogen-bond donors (Lipinski definition) is 1. The van der Waals surface area contributed by atoms with Crippen molar-refractivity contribution < 1.29 is 27.8 Å². The molecule has 1 N–H and O–H groups in total. The Bertz CT molecular complexity index is 1010. The van der Waals surface area contributed by atoms with Crippen LogP contribution in [-0.4, -0.2) is 23.2 Å². The van der Waals surface area contributed by atoms with Gasteiger partial charge in [0.2, 0.25) is 0 Å². The Morgan fingerprint density at radius 2 is 2.04 bits per heavy atom. The summed E-state index contributed by atoms with van der Waals surface area (Å²) in [7, 11) is 1.34. The minimum absolute atomic E-state index is 0.0514. The highest BCUT2D eigenvalue weighted by molar-refractivity contribution is 7.10. The highest BCUT2D eigenvalue weighted by Gasteiger charge is 2.34. The third-order valence-corrected chi connectivity index (χ3v) is 4.57. The molecule has 3 rings (SSSR count). The normalized spacial score (nSPS) is 12.4. The van der Waals surface area contributed by atoms with Gasteiger partial charge in [-0.2, -0.15) is 13.2 Å². The number of carboxylic acids is 1. The zero-order valence-corrected chi connectivity index (χ0v) is 14.2. The molecule has 8 heteroatoms. The van der Waals surface area contributed by atoms with Gasteiger partial charge in [0.05, 0.1) is 19.1 Å². The number of aromatic nitrogens is 1. The Kier molecular flexibility index (Phi) is 4.69. The van der Waals surface area contributed by atoms with Crippen molar-refractivity contribution in [2.75, 3.05) is 7.11 Å². The summed E-state index contributed by atoms with van der Waals surface area (Å²) in [6.07, 6.45) is -3.38. The van der Waals surface area contributed by atoms with E-state index in [4.69, 9.17) is 4.74 Å². The van der Waals surface area contributed by atoms with Crippen LogP contribution in [0.15, 0.2) is 48.0 Å². The quantitative estimate of drug-likeness (QED) is 0.509. The molecule has 4 nitrogen and oxygen atoms in total. The van der Waals surface area contributed by atoms with E-state index in [9.17, 15) is 23.1 Å². The van der Waals surface area contributed by atoms with Gasteiger partial charge in [-0.3, -0.25) is 0 Å². The van der Waals surface area contributed by atoms with Crippen LogP contribution in [0.4, 0.5) is 13.2 Å². The van der Waals surface area contributed by atoms with E-state index in [0.29, 0.717) is 27.8 Å². The number of benzene rings is 2. The molecule has 0 aliphatic carbocycles. The van der Waals surface area contributed by atoms with Gasteiger partial charge in [0.25, 0.3) is 0 Å². The average Bonchev–Trinajstić information content (AvgIpc) is 3.09. The van der Waals surface area contributed by atoms with Crippen LogP contribution in [0.1, 0.15) is 10.6 Å². The second kappa shape index (κ2) is 6.80. The van der Waals surface area contributed by atoms with Gasteiger partial charge in [-0.25, -0.2) is 9.78 Å². The maximum absolute atomic E-state index is 12.8. The number of halogens is 3. The number of hydrogen-bond acceptors (Lipinski definition) is 4. The molecule has 0 saturated heterocycles. The second-order valence-electron chi connectivity index (χ2n) is 5.35. The number of thiazole rings is 1. The van der Waals surface area contributed by atoms with Gasteiger partial charge >= 0.3 is 12.1 Å². The SMILES string of the molecule is COC=C(C(=O)O)c1cccc2ccc(-c3csc(C(F)(F)F)n3)cc12. The first-order valence-electron chi connectivity index (χ1n) is 7.34. The second-order valence-corrected chi connectivity index (χ2v) is 6.21. The van der Waals surface area contributed by atoms with Gasteiger partial charge in [-0.05, 0) is 22.4 Å². The van der Waals surface area contributed by atoms with Crippen molar-refractivity contribution in [3.63, 3.8) is 0 Å². The van der Waals surface area contributed by atoms with Crippen LogP contribution in [-0.2, 0) is 15.7 Å².